The number of carbonyl (C=O) groups is 4. The molecular formula is C22H26O7. The average Bonchev–Trinajstić information content (AvgIpc) is 2.91. The van der Waals surface area contributed by atoms with E-state index in [1.807, 2.05) is 0 Å². The molecule has 0 saturated carbocycles. The highest BCUT2D eigenvalue weighted by atomic mass is 16.6. The van der Waals surface area contributed by atoms with Gasteiger partial charge in [-0.25, -0.2) is 9.59 Å². The third kappa shape index (κ3) is 5.10. The molecule has 1 heterocycles. The molecule has 0 spiro atoms. The fourth-order valence-corrected chi connectivity index (χ4v) is 3.45. The van der Waals surface area contributed by atoms with Crippen molar-refractivity contribution in [3.05, 3.63) is 47.1 Å². The smallest absolute Gasteiger partial charge is 0.334 e. The quantitative estimate of drug-likeness (QED) is 0.407. The first kappa shape index (κ1) is 22.3. The van der Waals surface area contributed by atoms with E-state index in [0.717, 1.165) is 0 Å². The van der Waals surface area contributed by atoms with Gasteiger partial charge in [-0.1, -0.05) is 18.2 Å². The highest BCUT2D eigenvalue weighted by Gasteiger charge is 2.50. The van der Waals surface area contributed by atoms with Gasteiger partial charge in [0.05, 0.1) is 5.92 Å². The van der Waals surface area contributed by atoms with Crippen LogP contribution in [-0.2, 0) is 33.4 Å². The molecule has 1 saturated heterocycles. The summed E-state index contributed by atoms with van der Waals surface area (Å²) in [6, 6.07) is 0. The Morgan fingerprint density at radius 1 is 1.17 bits per heavy atom. The van der Waals surface area contributed by atoms with Crippen molar-refractivity contribution in [1.82, 2.24) is 0 Å². The van der Waals surface area contributed by atoms with Crippen LogP contribution in [0.15, 0.2) is 47.1 Å². The first-order chi connectivity index (χ1) is 13.5. The zero-order valence-electron chi connectivity index (χ0n) is 17.3. The monoisotopic (exact) mass is 402 g/mol. The van der Waals surface area contributed by atoms with Crippen molar-refractivity contribution < 1.29 is 33.4 Å². The van der Waals surface area contributed by atoms with Crippen molar-refractivity contribution in [3.8, 4) is 0 Å². The Balaban J connectivity index is 2.58. The lowest BCUT2D eigenvalue weighted by Crippen LogP contribution is -2.43. The first-order valence-corrected chi connectivity index (χ1v) is 9.35. The van der Waals surface area contributed by atoms with E-state index >= 15 is 0 Å². The molecule has 4 atom stereocenters. The van der Waals surface area contributed by atoms with Gasteiger partial charge in [-0.2, -0.15) is 0 Å². The van der Waals surface area contributed by atoms with Crippen LogP contribution in [-0.4, -0.2) is 42.0 Å². The molecule has 2 rings (SSSR count). The number of ketones is 1. The Kier molecular flexibility index (Phi) is 6.95. The average molecular weight is 402 g/mol. The molecule has 0 N–H and O–H groups in total. The molecule has 0 bridgehead atoms. The second-order valence-corrected chi connectivity index (χ2v) is 7.35. The van der Waals surface area contributed by atoms with Crippen molar-refractivity contribution in [3.63, 3.8) is 0 Å². The Morgan fingerprint density at radius 3 is 2.41 bits per heavy atom. The second-order valence-electron chi connectivity index (χ2n) is 7.35. The van der Waals surface area contributed by atoms with E-state index in [9.17, 15) is 19.2 Å². The molecule has 0 radical (unpaired) electrons. The topological polar surface area (TPSA) is 96.0 Å². The van der Waals surface area contributed by atoms with Gasteiger partial charge in [0.25, 0.3) is 0 Å². The maximum absolute atomic E-state index is 12.4. The molecule has 0 amide bonds. The number of rotatable bonds is 3. The predicted molar refractivity (Wildman–Crippen MR) is 105 cm³/mol. The van der Waals surface area contributed by atoms with Crippen LogP contribution in [0.4, 0.5) is 0 Å². The van der Waals surface area contributed by atoms with Crippen molar-refractivity contribution in [2.24, 2.45) is 5.92 Å². The zero-order chi connectivity index (χ0) is 21.9. The normalized spacial score (nSPS) is 31.6. The molecule has 0 aromatic carbocycles. The summed E-state index contributed by atoms with van der Waals surface area (Å²) in [6.45, 7) is 11.7. The summed E-state index contributed by atoms with van der Waals surface area (Å²) in [5.74, 6) is -2.82. The summed E-state index contributed by atoms with van der Waals surface area (Å²) in [5, 5.41) is 0. The molecule has 7 heteroatoms. The number of hydrogen-bond donors (Lipinski definition) is 0. The van der Waals surface area contributed by atoms with Crippen LogP contribution in [0.3, 0.4) is 0 Å². The van der Waals surface area contributed by atoms with E-state index in [1.54, 1.807) is 33.8 Å². The Morgan fingerprint density at radius 2 is 1.83 bits per heavy atom. The number of esters is 3. The molecular weight excluding hydrogens is 376 g/mol. The minimum atomic E-state index is -1.000. The Labute approximate surface area is 170 Å². The largest absolute Gasteiger partial charge is 0.458 e. The van der Waals surface area contributed by atoms with Gasteiger partial charge in [0, 0.05) is 24.5 Å². The lowest BCUT2D eigenvalue weighted by Gasteiger charge is -2.32. The molecule has 1 aliphatic carbocycles. The van der Waals surface area contributed by atoms with Crippen LogP contribution in [0, 0.1) is 5.92 Å². The maximum Gasteiger partial charge on any atom is 0.334 e. The Hall–Kier alpha value is -2.96. The number of ether oxygens (including phenoxy) is 3. The number of allylic oxidation sites excluding steroid dienone is 3. The van der Waals surface area contributed by atoms with E-state index in [2.05, 4.69) is 6.58 Å². The van der Waals surface area contributed by atoms with Crippen molar-refractivity contribution >= 4 is 23.7 Å². The highest BCUT2D eigenvalue weighted by Crippen LogP contribution is 2.38. The van der Waals surface area contributed by atoms with E-state index in [1.165, 1.54) is 19.1 Å². The molecule has 0 aromatic rings. The third-order valence-corrected chi connectivity index (χ3v) is 5.00. The van der Waals surface area contributed by atoms with Crippen molar-refractivity contribution in [2.75, 3.05) is 0 Å². The van der Waals surface area contributed by atoms with Crippen LogP contribution >= 0.6 is 0 Å². The maximum atomic E-state index is 12.4. The van der Waals surface area contributed by atoms with Crippen LogP contribution < -0.4 is 0 Å². The number of fused-ring (bicyclic) bond motifs is 1. The standard InChI is InChI=1S/C22H26O7/c1-7-12(3)21(25)28-17-9-11(2)8-16(24)10-13(4)19(27-15(6)23)20-18(17)14(5)22(26)29-20/h7-8,10,17-20H,5,9H2,1-4,6H3/b11-8+,12-7+,13-10-/t17-,18-,19?,20-/m1/s1. The van der Waals surface area contributed by atoms with Crippen LogP contribution in [0.5, 0.6) is 0 Å². The van der Waals surface area contributed by atoms with E-state index in [0.29, 0.717) is 16.7 Å². The predicted octanol–water partition coefficient (Wildman–Crippen LogP) is 2.76. The molecule has 0 aromatic heterocycles. The summed E-state index contributed by atoms with van der Waals surface area (Å²) in [6.07, 6.45) is 1.81. The zero-order valence-corrected chi connectivity index (χ0v) is 17.3. The molecule has 2 aliphatic rings. The molecule has 7 nitrogen and oxygen atoms in total. The number of carbonyl (C=O) groups excluding carboxylic acids is 4. The minimum absolute atomic E-state index is 0.135. The fraction of sp³-hybridized carbons (Fsp3) is 0.455. The van der Waals surface area contributed by atoms with Gasteiger partial charge in [0.15, 0.2) is 18.0 Å². The van der Waals surface area contributed by atoms with E-state index in [-0.39, 0.29) is 17.8 Å². The van der Waals surface area contributed by atoms with Gasteiger partial charge in [-0.05, 0) is 45.4 Å². The highest BCUT2D eigenvalue weighted by molar-refractivity contribution is 6.00. The van der Waals surface area contributed by atoms with Crippen LogP contribution in [0.2, 0.25) is 0 Å². The van der Waals surface area contributed by atoms with Gasteiger partial charge in [-0.15, -0.1) is 0 Å². The lowest BCUT2D eigenvalue weighted by atomic mass is 9.82. The van der Waals surface area contributed by atoms with Gasteiger partial charge < -0.3 is 14.2 Å². The summed E-state index contributed by atoms with van der Waals surface area (Å²) in [5.41, 5.74) is 1.63. The second kappa shape index (κ2) is 9.03. The van der Waals surface area contributed by atoms with Crippen molar-refractivity contribution in [1.29, 1.82) is 0 Å². The summed E-state index contributed by atoms with van der Waals surface area (Å²) in [4.78, 5) is 48.8. The van der Waals surface area contributed by atoms with Crippen LogP contribution in [0.25, 0.3) is 0 Å². The molecule has 156 valence electrons. The molecule has 1 fully saturated rings. The molecule has 1 aliphatic heterocycles. The first-order valence-electron chi connectivity index (χ1n) is 9.35. The van der Waals surface area contributed by atoms with E-state index < -0.39 is 42.1 Å². The van der Waals surface area contributed by atoms with Gasteiger partial charge in [0.2, 0.25) is 0 Å². The lowest BCUT2D eigenvalue weighted by molar-refractivity contribution is -0.162. The van der Waals surface area contributed by atoms with E-state index in [4.69, 9.17) is 14.2 Å². The van der Waals surface area contributed by atoms with Gasteiger partial charge in [0.1, 0.15) is 6.10 Å². The molecule has 1 unspecified atom stereocenters. The fourth-order valence-electron chi connectivity index (χ4n) is 3.45. The number of hydrogen-bond acceptors (Lipinski definition) is 7. The van der Waals surface area contributed by atoms with Crippen LogP contribution in [0.1, 0.15) is 41.0 Å². The summed E-state index contributed by atoms with van der Waals surface area (Å²) >= 11 is 0. The van der Waals surface area contributed by atoms with Crippen molar-refractivity contribution in [2.45, 2.75) is 59.4 Å². The van der Waals surface area contributed by atoms with Gasteiger partial charge in [-0.3, -0.25) is 9.59 Å². The summed E-state index contributed by atoms with van der Waals surface area (Å²) in [7, 11) is 0. The SMILES string of the molecule is C=C1C(=O)O[C@H]2C(OC(C)=O)/C(C)=C\C(=O)/C=C(\C)C[C@@H](OC(=O)/C(C)=C/C)[C@@H]12. The summed E-state index contributed by atoms with van der Waals surface area (Å²) < 4.78 is 16.6. The third-order valence-electron chi connectivity index (χ3n) is 5.00. The Bertz CT molecular complexity index is 843. The van der Waals surface area contributed by atoms with Gasteiger partial charge >= 0.3 is 17.9 Å². The minimum Gasteiger partial charge on any atom is -0.458 e. The molecule has 29 heavy (non-hydrogen) atoms.